The first-order chi connectivity index (χ1) is 7.24. The molecule has 0 aliphatic heterocycles. The van der Waals surface area contributed by atoms with Gasteiger partial charge in [0.15, 0.2) is 0 Å². The van der Waals surface area contributed by atoms with Crippen molar-refractivity contribution in [3.63, 3.8) is 0 Å². The zero-order chi connectivity index (χ0) is 11.1. The molecule has 0 amide bonds. The van der Waals surface area contributed by atoms with E-state index in [4.69, 9.17) is 4.74 Å². The molecule has 1 rings (SSSR count). The van der Waals surface area contributed by atoms with Crippen LogP contribution in [-0.2, 0) is 0 Å². The molecule has 2 nitrogen and oxygen atoms in total. The third kappa shape index (κ3) is 4.24. The Balaban J connectivity index is 2.36. The molecule has 0 aromatic heterocycles. The molecular weight excluding hydrogens is 186 g/mol. The normalized spacial score (nSPS) is 10.1. The average Bonchev–Trinajstić information content (AvgIpc) is 2.25. The van der Waals surface area contributed by atoms with Crippen LogP contribution in [-0.4, -0.2) is 20.7 Å². The maximum atomic E-state index is 5.62. The van der Waals surface area contributed by atoms with E-state index in [2.05, 4.69) is 24.0 Å². The fraction of sp³-hybridized carbons (Fsp3) is 0.538. The summed E-state index contributed by atoms with van der Waals surface area (Å²) < 4.78 is 5.62. The molecule has 84 valence electrons. The lowest BCUT2D eigenvalue weighted by atomic mass is 10.2. The Bertz CT molecular complexity index is 266. The van der Waals surface area contributed by atoms with Gasteiger partial charge >= 0.3 is 0 Å². The van der Waals surface area contributed by atoms with Gasteiger partial charge in [0, 0.05) is 19.8 Å². The molecule has 0 spiro atoms. The van der Waals surface area contributed by atoms with Gasteiger partial charge < -0.3 is 9.64 Å². The Hall–Kier alpha value is -1.18. The van der Waals surface area contributed by atoms with Gasteiger partial charge in [0.1, 0.15) is 5.75 Å². The van der Waals surface area contributed by atoms with Crippen molar-refractivity contribution >= 4 is 5.69 Å². The Morgan fingerprint density at radius 2 is 1.73 bits per heavy atom. The minimum absolute atomic E-state index is 0.829. The van der Waals surface area contributed by atoms with Crippen molar-refractivity contribution < 1.29 is 4.74 Å². The maximum absolute atomic E-state index is 5.62. The second-order valence-electron chi connectivity index (χ2n) is 3.94. The van der Waals surface area contributed by atoms with E-state index >= 15 is 0 Å². The van der Waals surface area contributed by atoms with Crippen LogP contribution in [0.1, 0.15) is 26.2 Å². The minimum Gasteiger partial charge on any atom is -0.494 e. The second kappa shape index (κ2) is 6.33. The first-order valence-electron chi connectivity index (χ1n) is 5.64. The van der Waals surface area contributed by atoms with E-state index in [1.165, 1.54) is 18.5 Å². The highest BCUT2D eigenvalue weighted by atomic mass is 16.5. The molecule has 0 aliphatic carbocycles. The largest absolute Gasteiger partial charge is 0.494 e. The predicted molar refractivity (Wildman–Crippen MR) is 65.8 cm³/mol. The zero-order valence-corrected chi connectivity index (χ0v) is 9.99. The van der Waals surface area contributed by atoms with Crippen LogP contribution in [0.2, 0.25) is 0 Å². The smallest absolute Gasteiger partial charge is 0.119 e. The van der Waals surface area contributed by atoms with Gasteiger partial charge in [-0.25, -0.2) is 0 Å². The van der Waals surface area contributed by atoms with Gasteiger partial charge in [-0.05, 0) is 30.7 Å². The lowest BCUT2D eigenvalue weighted by Gasteiger charge is -2.13. The van der Waals surface area contributed by atoms with Gasteiger partial charge in [0.05, 0.1) is 6.61 Å². The monoisotopic (exact) mass is 207 g/mol. The van der Waals surface area contributed by atoms with E-state index in [-0.39, 0.29) is 0 Å². The van der Waals surface area contributed by atoms with Gasteiger partial charge in [-0.1, -0.05) is 19.8 Å². The maximum Gasteiger partial charge on any atom is 0.119 e. The van der Waals surface area contributed by atoms with Crippen molar-refractivity contribution in [2.45, 2.75) is 26.2 Å². The fourth-order valence-electron chi connectivity index (χ4n) is 1.38. The summed E-state index contributed by atoms with van der Waals surface area (Å²) in [7, 11) is 4.08. The molecule has 1 aromatic rings. The Morgan fingerprint density at radius 1 is 1.07 bits per heavy atom. The standard InChI is InChI=1S/C13H21NO/c1-4-5-6-11-15-13-9-7-12(8-10-13)14(2)3/h7-10H,4-6,11H2,1-3H3. The van der Waals surface area contributed by atoms with Crippen LogP contribution in [0.5, 0.6) is 5.75 Å². The third-order valence-corrected chi connectivity index (χ3v) is 2.37. The van der Waals surface area contributed by atoms with Crippen LogP contribution in [0, 0.1) is 0 Å². The molecule has 0 atom stereocenters. The predicted octanol–water partition coefficient (Wildman–Crippen LogP) is 3.32. The van der Waals surface area contributed by atoms with E-state index < -0.39 is 0 Å². The first kappa shape index (κ1) is 11.9. The molecule has 0 radical (unpaired) electrons. The molecular formula is C13H21NO. The van der Waals surface area contributed by atoms with E-state index in [1.54, 1.807) is 0 Å². The lowest BCUT2D eigenvalue weighted by Crippen LogP contribution is -2.08. The number of hydrogen-bond donors (Lipinski definition) is 0. The van der Waals surface area contributed by atoms with Crippen molar-refractivity contribution in [2.75, 3.05) is 25.6 Å². The Kier molecular flexibility index (Phi) is 5.02. The summed E-state index contributed by atoms with van der Waals surface area (Å²) in [5, 5.41) is 0. The summed E-state index contributed by atoms with van der Waals surface area (Å²) >= 11 is 0. The van der Waals surface area contributed by atoms with Crippen LogP contribution in [0.3, 0.4) is 0 Å². The molecule has 0 aliphatic rings. The minimum atomic E-state index is 0.829. The number of rotatable bonds is 6. The van der Waals surface area contributed by atoms with Crippen LogP contribution in [0.4, 0.5) is 5.69 Å². The van der Waals surface area contributed by atoms with Crippen molar-refractivity contribution in [2.24, 2.45) is 0 Å². The van der Waals surface area contributed by atoms with Crippen LogP contribution in [0.15, 0.2) is 24.3 Å². The highest BCUT2D eigenvalue weighted by Crippen LogP contribution is 2.17. The number of hydrogen-bond acceptors (Lipinski definition) is 2. The molecule has 2 heteroatoms. The van der Waals surface area contributed by atoms with Crippen LogP contribution < -0.4 is 9.64 Å². The highest BCUT2D eigenvalue weighted by molar-refractivity contribution is 5.47. The summed E-state index contributed by atoms with van der Waals surface area (Å²) in [6.07, 6.45) is 3.63. The number of unbranched alkanes of at least 4 members (excludes halogenated alkanes) is 2. The van der Waals surface area contributed by atoms with Crippen molar-refractivity contribution in [1.82, 2.24) is 0 Å². The molecule has 0 fully saturated rings. The summed E-state index contributed by atoms with van der Waals surface area (Å²) in [5.41, 5.74) is 1.20. The Labute approximate surface area is 92.9 Å². The summed E-state index contributed by atoms with van der Waals surface area (Å²) in [5.74, 6) is 0.969. The number of nitrogens with zero attached hydrogens (tertiary/aromatic N) is 1. The highest BCUT2D eigenvalue weighted by Gasteiger charge is 1.96. The van der Waals surface area contributed by atoms with Crippen molar-refractivity contribution in [1.29, 1.82) is 0 Å². The lowest BCUT2D eigenvalue weighted by molar-refractivity contribution is 0.306. The van der Waals surface area contributed by atoms with Gasteiger partial charge in [0.25, 0.3) is 0 Å². The molecule has 1 aromatic carbocycles. The van der Waals surface area contributed by atoms with E-state index in [9.17, 15) is 0 Å². The summed E-state index contributed by atoms with van der Waals surface area (Å²) in [6.45, 7) is 3.03. The third-order valence-electron chi connectivity index (χ3n) is 2.37. The van der Waals surface area contributed by atoms with Crippen molar-refractivity contribution in [3.8, 4) is 5.75 Å². The van der Waals surface area contributed by atoms with Gasteiger partial charge in [-0.15, -0.1) is 0 Å². The Morgan fingerprint density at radius 3 is 2.27 bits per heavy atom. The van der Waals surface area contributed by atoms with E-state index in [0.717, 1.165) is 18.8 Å². The number of ether oxygens (including phenoxy) is 1. The molecule has 0 saturated heterocycles. The topological polar surface area (TPSA) is 12.5 Å². The van der Waals surface area contributed by atoms with Crippen LogP contribution in [0.25, 0.3) is 0 Å². The second-order valence-corrected chi connectivity index (χ2v) is 3.94. The van der Waals surface area contributed by atoms with Gasteiger partial charge in [0.2, 0.25) is 0 Å². The quantitative estimate of drug-likeness (QED) is 0.663. The van der Waals surface area contributed by atoms with Gasteiger partial charge in [-0.2, -0.15) is 0 Å². The van der Waals surface area contributed by atoms with E-state index in [0.29, 0.717) is 0 Å². The summed E-state index contributed by atoms with van der Waals surface area (Å²) in [6, 6.07) is 8.22. The van der Waals surface area contributed by atoms with Gasteiger partial charge in [-0.3, -0.25) is 0 Å². The fourth-order valence-corrected chi connectivity index (χ4v) is 1.38. The SMILES string of the molecule is CCCCCOc1ccc(N(C)C)cc1. The molecule has 15 heavy (non-hydrogen) atoms. The first-order valence-corrected chi connectivity index (χ1v) is 5.64. The number of anilines is 1. The molecule has 0 heterocycles. The molecule has 0 unspecified atom stereocenters. The number of benzene rings is 1. The van der Waals surface area contributed by atoms with Crippen LogP contribution >= 0.6 is 0 Å². The van der Waals surface area contributed by atoms with E-state index in [1.807, 2.05) is 26.2 Å². The van der Waals surface area contributed by atoms with Crippen molar-refractivity contribution in [3.05, 3.63) is 24.3 Å². The molecule has 0 bridgehead atoms. The zero-order valence-electron chi connectivity index (χ0n) is 9.99. The summed E-state index contributed by atoms with van der Waals surface area (Å²) in [4.78, 5) is 2.08. The molecule has 0 N–H and O–H groups in total. The average molecular weight is 207 g/mol. The molecule has 0 saturated carbocycles.